The second kappa shape index (κ2) is 5.09. The summed E-state index contributed by atoms with van der Waals surface area (Å²) in [4.78, 5) is 5.92. The van der Waals surface area contributed by atoms with Crippen molar-refractivity contribution in [2.24, 2.45) is 5.73 Å². The molecular weight excluding hydrogens is 212 g/mol. The van der Waals surface area contributed by atoms with Crippen molar-refractivity contribution < 1.29 is 9.57 Å². The van der Waals surface area contributed by atoms with Gasteiger partial charge in [0.15, 0.2) is 0 Å². The van der Waals surface area contributed by atoms with Gasteiger partial charge in [0, 0.05) is 12.0 Å². The normalized spacial score (nSPS) is 27.2. The van der Waals surface area contributed by atoms with Crippen molar-refractivity contribution in [3.8, 4) is 0 Å². The van der Waals surface area contributed by atoms with Gasteiger partial charge in [-0.05, 0) is 12.8 Å². The molecule has 5 heteroatoms. The Balaban J connectivity index is 1.93. The van der Waals surface area contributed by atoms with Crippen LogP contribution in [0.15, 0.2) is 11.3 Å². The van der Waals surface area contributed by atoms with Crippen LogP contribution in [-0.4, -0.2) is 30.2 Å². The molecule has 0 spiro atoms. The van der Waals surface area contributed by atoms with Gasteiger partial charge in [0.05, 0.1) is 13.2 Å². The Labute approximate surface area is 94.7 Å². The van der Waals surface area contributed by atoms with Crippen molar-refractivity contribution in [2.45, 2.75) is 37.2 Å². The van der Waals surface area contributed by atoms with Gasteiger partial charge in [0.1, 0.15) is 5.37 Å². The lowest BCUT2D eigenvalue weighted by Crippen LogP contribution is -2.37. The quantitative estimate of drug-likeness (QED) is 0.795. The monoisotopic (exact) mass is 230 g/mol. The smallest absolute Gasteiger partial charge is 0.221 e. The maximum atomic E-state index is 5.92. The Morgan fingerprint density at radius 1 is 1.53 bits per heavy atom. The number of nitrogens with zero attached hydrogens (tertiary/aromatic N) is 1. The highest BCUT2D eigenvalue weighted by Crippen LogP contribution is 2.33. The SMILES string of the molecule is COC1=CSC(CN)N1OC1CCCC1. The van der Waals surface area contributed by atoms with Gasteiger partial charge < -0.3 is 10.5 Å². The molecule has 0 amide bonds. The van der Waals surface area contributed by atoms with E-state index in [0.29, 0.717) is 12.6 Å². The number of hydrogen-bond donors (Lipinski definition) is 1. The Bertz CT molecular complexity index is 242. The topological polar surface area (TPSA) is 47.7 Å². The van der Waals surface area contributed by atoms with Crippen LogP contribution in [0.3, 0.4) is 0 Å². The van der Waals surface area contributed by atoms with Crippen molar-refractivity contribution >= 4 is 11.8 Å². The number of ether oxygens (including phenoxy) is 1. The van der Waals surface area contributed by atoms with Gasteiger partial charge >= 0.3 is 0 Å². The fourth-order valence-corrected chi connectivity index (χ4v) is 2.80. The molecule has 0 radical (unpaired) electrons. The van der Waals surface area contributed by atoms with Crippen LogP contribution in [0.4, 0.5) is 0 Å². The lowest BCUT2D eigenvalue weighted by molar-refractivity contribution is -0.199. The number of thioether (sulfide) groups is 1. The minimum atomic E-state index is 0.167. The molecule has 0 aromatic rings. The van der Waals surface area contributed by atoms with Crippen LogP contribution in [0.25, 0.3) is 0 Å². The van der Waals surface area contributed by atoms with E-state index in [4.69, 9.17) is 15.3 Å². The molecule has 1 aliphatic carbocycles. The minimum absolute atomic E-state index is 0.167. The average molecular weight is 230 g/mol. The van der Waals surface area contributed by atoms with Crippen molar-refractivity contribution in [1.82, 2.24) is 5.06 Å². The van der Waals surface area contributed by atoms with E-state index < -0.39 is 0 Å². The number of methoxy groups -OCH3 is 1. The van der Waals surface area contributed by atoms with Crippen LogP contribution >= 0.6 is 11.8 Å². The zero-order chi connectivity index (χ0) is 10.7. The summed E-state index contributed by atoms with van der Waals surface area (Å²) in [5.74, 6) is 0.780. The number of rotatable bonds is 4. The standard InChI is InChI=1S/C10H18N2O2S/c1-13-9-7-15-10(6-11)12(9)14-8-4-2-3-5-8/h7-8,10H,2-6,11H2,1H3. The maximum absolute atomic E-state index is 5.92. The summed E-state index contributed by atoms with van der Waals surface area (Å²) in [7, 11) is 1.66. The molecule has 1 saturated carbocycles. The van der Waals surface area contributed by atoms with Crippen LogP contribution in [0.1, 0.15) is 25.7 Å². The van der Waals surface area contributed by atoms with Gasteiger partial charge in [0.2, 0.25) is 5.88 Å². The van der Waals surface area contributed by atoms with E-state index in [1.165, 1.54) is 12.8 Å². The summed E-state index contributed by atoms with van der Waals surface area (Å²) in [5.41, 5.74) is 5.68. The van der Waals surface area contributed by atoms with Crippen LogP contribution in [0.2, 0.25) is 0 Å². The molecule has 0 aromatic heterocycles. The zero-order valence-corrected chi connectivity index (χ0v) is 9.83. The molecule has 2 aliphatic rings. The second-order valence-electron chi connectivity index (χ2n) is 3.82. The number of hydroxylamine groups is 2. The lowest BCUT2D eigenvalue weighted by atomic mass is 10.3. The highest BCUT2D eigenvalue weighted by molar-refractivity contribution is 8.02. The molecule has 1 heterocycles. The summed E-state index contributed by atoms with van der Waals surface area (Å²) in [6.07, 6.45) is 5.18. The first-order valence-corrected chi connectivity index (χ1v) is 6.35. The highest BCUT2D eigenvalue weighted by Gasteiger charge is 2.31. The molecular formula is C10H18N2O2S. The molecule has 1 unspecified atom stereocenters. The predicted molar refractivity (Wildman–Crippen MR) is 60.7 cm³/mol. The molecule has 0 saturated heterocycles. The fraction of sp³-hybridized carbons (Fsp3) is 0.800. The zero-order valence-electron chi connectivity index (χ0n) is 9.02. The largest absolute Gasteiger partial charge is 0.481 e. The number of nitrogens with two attached hydrogens (primary N) is 1. The highest BCUT2D eigenvalue weighted by atomic mass is 32.2. The van der Waals surface area contributed by atoms with Crippen molar-refractivity contribution in [1.29, 1.82) is 0 Å². The van der Waals surface area contributed by atoms with E-state index in [-0.39, 0.29) is 5.37 Å². The van der Waals surface area contributed by atoms with E-state index in [1.807, 2.05) is 10.5 Å². The van der Waals surface area contributed by atoms with E-state index in [2.05, 4.69) is 0 Å². The van der Waals surface area contributed by atoms with E-state index >= 15 is 0 Å². The first-order valence-electron chi connectivity index (χ1n) is 5.41. The molecule has 0 aromatic carbocycles. The van der Waals surface area contributed by atoms with Crippen LogP contribution in [0.5, 0.6) is 0 Å². The third-order valence-corrected chi connectivity index (χ3v) is 3.82. The summed E-state index contributed by atoms with van der Waals surface area (Å²) >= 11 is 1.66. The van der Waals surface area contributed by atoms with Gasteiger partial charge in [0.25, 0.3) is 0 Å². The fourth-order valence-electron chi connectivity index (χ4n) is 1.95. The molecule has 2 N–H and O–H groups in total. The Hall–Kier alpha value is -0.390. The molecule has 1 aliphatic heterocycles. The van der Waals surface area contributed by atoms with E-state index in [0.717, 1.165) is 18.7 Å². The molecule has 0 bridgehead atoms. The molecule has 1 atom stereocenters. The summed E-state index contributed by atoms with van der Waals surface area (Å²) in [5, 5.41) is 3.97. The predicted octanol–water partition coefficient (Wildman–Crippen LogP) is 1.64. The first kappa shape index (κ1) is 11.1. The third kappa shape index (κ3) is 2.41. The van der Waals surface area contributed by atoms with Gasteiger partial charge in [-0.15, -0.1) is 0 Å². The average Bonchev–Trinajstić information content (AvgIpc) is 2.87. The third-order valence-electron chi connectivity index (χ3n) is 2.78. The van der Waals surface area contributed by atoms with Gasteiger partial charge in [-0.25, -0.2) is 5.06 Å². The van der Waals surface area contributed by atoms with Gasteiger partial charge in [-0.3, -0.25) is 4.84 Å². The van der Waals surface area contributed by atoms with Crippen molar-refractivity contribution in [3.63, 3.8) is 0 Å². The minimum Gasteiger partial charge on any atom is -0.481 e. The summed E-state index contributed by atoms with van der Waals surface area (Å²) in [6.45, 7) is 0.570. The van der Waals surface area contributed by atoms with Crippen molar-refractivity contribution in [3.05, 3.63) is 11.3 Å². The molecule has 1 fully saturated rings. The van der Waals surface area contributed by atoms with E-state index in [9.17, 15) is 0 Å². The van der Waals surface area contributed by atoms with Crippen LogP contribution in [0, 0.1) is 0 Å². The van der Waals surface area contributed by atoms with Crippen LogP contribution in [-0.2, 0) is 9.57 Å². The Kier molecular flexibility index (Phi) is 3.77. The first-order chi connectivity index (χ1) is 7.35. The molecule has 2 rings (SSSR count). The summed E-state index contributed by atoms with van der Waals surface area (Å²) in [6, 6.07) is 0. The maximum Gasteiger partial charge on any atom is 0.221 e. The Morgan fingerprint density at radius 3 is 2.87 bits per heavy atom. The van der Waals surface area contributed by atoms with Crippen LogP contribution < -0.4 is 5.73 Å². The Morgan fingerprint density at radius 2 is 2.27 bits per heavy atom. The molecule has 15 heavy (non-hydrogen) atoms. The second-order valence-corrected chi connectivity index (χ2v) is 4.88. The number of hydrogen-bond acceptors (Lipinski definition) is 5. The van der Waals surface area contributed by atoms with E-state index in [1.54, 1.807) is 18.9 Å². The lowest BCUT2D eigenvalue weighted by Gasteiger charge is -2.28. The molecule has 4 nitrogen and oxygen atoms in total. The van der Waals surface area contributed by atoms with Gasteiger partial charge in [-0.2, -0.15) is 0 Å². The summed E-state index contributed by atoms with van der Waals surface area (Å²) < 4.78 is 5.25. The van der Waals surface area contributed by atoms with Gasteiger partial charge in [-0.1, -0.05) is 24.6 Å². The van der Waals surface area contributed by atoms with Crippen molar-refractivity contribution in [2.75, 3.05) is 13.7 Å². The molecule has 86 valence electrons.